The van der Waals surface area contributed by atoms with Gasteiger partial charge in [0.25, 0.3) is 0 Å². The van der Waals surface area contributed by atoms with Crippen LogP contribution >= 0.6 is 0 Å². The standard InChI is InChI=1S/C13H19NO/c1-8(2)12-5-13(6-12,7-12)14-4-9-3-10(9)11(14)15/h8-10H,3-7H2,1-2H3. The second-order valence-corrected chi connectivity index (χ2v) is 6.82. The van der Waals surface area contributed by atoms with Gasteiger partial charge in [-0.25, -0.2) is 0 Å². The zero-order valence-electron chi connectivity index (χ0n) is 9.62. The van der Waals surface area contributed by atoms with Crippen molar-refractivity contribution in [2.45, 2.75) is 45.1 Å². The Morgan fingerprint density at radius 3 is 2.47 bits per heavy atom. The minimum Gasteiger partial charge on any atom is -0.336 e. The molecule has 0 spiro atoms. The molecule has 2 bridgehead atoms. The highest BCUT2D eigenvalue weighted by atomic mass is 16.2. The molecule has 1 saturated heterocycles. The summed E-state index contributed by atoms with van der Waals surface area (Å²) < 4.78 is 0. The van der Waals surface area contributed by atoms with Crippen LogP contribution in [0.15, 0.2) is 0 Å². The first-order valence-electron chi connectivity index (χ1n) is 6.38. The van der Waals surface area contributed by atoms with E-state index in [1.54, 1.807) is 0 Å². The van der Waals surface area contributed by atoms with Gasteiger partial charge in [0, 0.05) is 18.0 Å². The molecule has 0 N–H and O–H groups in total. The maximum Gasteiger partial charge on any atom is 0.226 e. The normalized spacial score (nSPS) is 55.1. The molecular formula is C13H19NO. The molecule has 1 aliphatic heterocycles. The van der Waals surface area contributed by atoms with E-state index in [0.717, 1.165) is 18.4 Å². The molecule has 0 radical (unpaired) electrons. The average molecular weight is 205 g/mol. The third-order valence-corrected chi connectivity index (χ3v) is 5.76. The highest BCUT2D eigenvalue weighted by Crippen LogP contribution is 2.74. The molecule has 1 amide bonds. The Hall–Kier alpha value is -0.530. The lowest BCUT2D eigenvalue weighted by Crippen LogP contribution is -2.76. The van der Waals surface area contributed by atoms with Crippen LogP contribution in [0, 0.1) is 23.2 Å². The maximum atomic E-state index is 12.0. The number of likely N-dealkylation sites (tertiary alicyclic amines) is 1. The molecule has 2 unspecified atom stereocenters. The van der Waals surface area contributed by atoms with E-state index in [9.17, 15) is 4.79 Å². The van der Waals surface area contributed by atoms with Crippen LogP contribution in [0.5, 0.6) is 0 Å². The monoisotopic (exact) mass is 205 g/mol. The summed E-state index contributed by atoms with van der Waals surface area (Å²) in [5, 5.41) is 0. The number of hydrogen-bond donors (Lipinski definition) is 0. The molecule has 2 atom stereocenters. The first-order chi connectivity index (χ1) is 7.06. The second kappa shape index (κ2) is 2.11. The Morgan fingerprint density at radius 2 is 2.00 bits per heavy atom. The van der Waals surface area contributed by atoms with Crippen molar-refractivity contribution in [1.82, 2.24) is 4.90 Å². The van der Waals surface area contributed by atoms with Crippen LogP contribution < -0.4 is 0 Å². The van der Waals surface area contributed by atoms with Crippen molar-refractivity contribution in [2.24, 2.45) is 23.2 Å². The van der Waals surface area contributed by atoms with Gasteiger partial charge in [0.15, 0.2) is 0 Å². The molecule has 5 aliphatic rings. The van der Waals surface area contributed by atoms with Crippen molar-refractivity contribution < 1.29 is 4.79 Å². The van der Waals surface area contributed by atoms with E-state index in [4.69, 9.17) is 0 Å². The number of fused-ring (bicyclic) bond motifs is 1. The van der Waals surface area contributed by atoms with Gasteiger partial charge in [-0.1, -0.05) is 13.8 Å². The fourth-order valence-electron chi connectivity index (χ4n) is 4.41. The van der Waals surface area contributed by atoms with Gasteiger partial charge >= 0.3 is 0 Å². The predicted molar refractivity (Wildman–Crippen MR) is 57.2 cm³/mol. The van der Waals surface area contributed by atoms with Gasteiger partial charge in [0.05, 0.1) is 0 Å². The van der Waals surface area contributed by atoms with Crippen LogP contribution in [-0.2, 0) is 4.79 Å². The third-order valence-electron chi connectivity index (χ3n) is 5.76. The second-order valence-electron chi connectivity index (χ2n) is 6.82. The summed E-state index contributed by atoms with van der Waals surface area (Å²) in [6.07, 6.45) is 5.12. The van der Waals surface area contributed by atoms with Gasteiger partial charge in [-0.05, 0) is 42.9 Å². The molecule has 2 heteroatoms. The SMILES string of the molecule is CC(C)C12CC(N3CC4CC4C3=O)(C1)C2. The lowest BCUT2D eigenvalue weighted by Gasteiger charge is -2.75. The van der Waals surface area contributed by atoms with Crippen LogP contribution in [0.2, 0.25) is 0 Å². The van der Waals surface area contributed by atoms with Crippen molar-refractivity contribution in [3.63, 3.8) is 0 Å². The molecule has 0 aromatic carbocycles. The largest absolute Gasteiger partial charge is 0.336 e. The third kappa shape index (κ3) is 0.786. The fraction of sp³-hybridized carbons (Fsp3) is 0.923. The van der Waals surface area contributed by atoms with Crippen molar-refractivity contribution in [1.29, 1.82) is 0 Å². The maximum absolute atomic E-state index is 12.0. The Morgan fingerprint density at radius 1 is 1.33 bits per heavy atom. The number of nitrogens with zero attached hydrogens (tertiary/aromatic N) is 1. The quantitative estimate of drug-likeness (QED) is 0.675. The van der Waals surface area contributed by atoms with Gasteiger partial charge in [-0.2, -0.15) is 0 Å². The lowest BCUT2D eigenvalue weighted by atomic mass is 9.35. The molecule has 4 saturated carbocycles. The Balaban J connectivity index is 1.52. The van der Waals surface area contributed by atoms with Gasteiger partial charge in [0.1, 0.15) is 0 Å². The summed E-state index contributed by atoms with van der Waals surface area (Å²) in [6.45, 7) is 5.77. The molecule has 82 valence electrons. The predicted octanol–water partition coefficient (Wildman–Crippen LogP) is 2.04. The summed E-state index contributed by atoms with van der Waals surface area (Å²) in [5.74, 6) is 2.51. The van der Waals surface area contributed by atoms with Crippen molar-refractivity contribution in [3.05, 3.63) is 0 Å². The van der Waals surface area contributed by atoms with Crippen LogP contribution in [0.1, 0.15) is 39.5 Å². The molecule has 5 rings (SSSR count). The first-order valence-corrected chi connectivity index (χ1v) is 6.38. The zero-order chi connectivity index (χ0) is 10.4. The highest BCUT2D eigenvalue weighted by Gasteiger charge is 2.74. The summed E-state index contributed by atoms with van der Waals surface area (Å²) in [5.41, 5.74) is 0.988. The Kier molecular flexibility index (Phi) is 1.21. The molecule has 1 heterocycles. The average Bonchev–Trinajstić information content (AvgIpc) is 2.69. The van der Waals surface area contributed by atoms with E-state index >= 15 is 0 Å². The van der Waals surface area contributed by atoms with Crippen molar-refractivity contribution in [3.8, 4) is 0 Å². The minimum absolute atomic E-state index is 0.356. The van der Waals surface area contributed by atoms with Crippen molar-refractivity contribution >= 4 is 5.91 Å². The Bertz CT molecular complexity index is 340. The van der Waals surface area contributed by atoms with E-state index in [-0.39, 0.29) is 0 Å². The summed E-state index contributed by atoms with van der Waals surface area (Å²) in [6, 6.07) is 0. The lowest BCUT2D eigenvalue weighted by molar-refractivity contribution is -0.236. The molecule has 2 nitrogen and oxygen atoms in total. The number of rotatable bonds is 2. The molecule has 0 aromatic rings. The summed E-state index contributed by atoms with van der Waals surface area (Å²) >= 11 is 0. The number of piperidine rings is 1. The highest BCUT2D eigenvalue weighted by molar-refractivity contribution is 5.85. The van der Waals surface area contributed by atoms with Crippen LogP contribution in [0.4, 0.5) is 0 Å². The smallest absolute Gasteiger partial charge is 0.226 e. The fourth-order valence-corrected chi connectivity index (χ4v) is 4.41. The van der Waals surface area contributed by atoms with Gasteiger partial charge in [0.2, 0.25) is 5.91 Å². The number of hydrogen-bond acceptors (Lipinski definition) is 1. The molecule has 15 heavy (non-hydrogen) atoms. The first kappa shape index (κ1) is 8.60. The van der Waals surface area contributed by atoms with Gasteiger partial charge in [-0.15, -0.1) is 0 Å². The van der Waals surface area contributed by atoms with Gasteiger partial charge < -0.3 is 4.90 Å². The minimum atomic E-state index is 0.356. The van der Waals surface area contributed by atoms with Crippen LogP contribution in [-0.4, -0.2) is 22.9 Å². The molecule has 0 aromatic heterocycles. The van der Waals surface area contributed by atoms with E-state index < -0.39 is 0 Å². The van der Waals surface area contributed by atoms with E-state index in [0.29, 0.717) is 22.8 Å². The van der Waals surface area contributed by atoms with Crippen LogP contribution in [0.25, 0.3) is 0 Å². The Labute approximate surface area is 91.0 Å². The van der Waals surface area contributed by atoms with Crippen LogP contribution in [0.3, 0.4) is 0 Å². The summed E-state index contributed by atoms with van der Waals surface area (Å²) in [7, 11) is 0. The van der Waals surface area contributed by atoms with Gasteiger partial charge in [-0.3, -0.25) is 4.79 Å². The zero-order valence-corrected chi connectivity index (χ0v) is 9.62. The molecular weight excluding hydrogens is 186 g/mol. The summed E-state index contributed by atoms with van der Waals surface area (Å²) in [4.78, 5) is 14.3. The topological polar surface area (TPSA) is 20.3 Å². The number of carbonyl (C=O) groups excluding carboxylic acids is 1. The number of amides is 1. The van der Waals surface area contributed by atoms with E-state index in [1.807, 2.05) is 0 Å². The molecule has 5 fully saturated rings. The van der Waals surface area contributed by atoms with E-state index in [2.05, 4.69) is 18.7 Å². The van der Waals surface area contributed by atoms with E-state index in [1.165, 1.54) is 25.7 Å². The van der Waals surface area contributed by atoms with Crippen molar-refractivity contribution in [2.75, 3.05) is 6.54 Å². The number of carbonyl (C=O) groups is 1. The molecule has 4 aliphatic carbocycles.